The molecule has 0 spiro atoms. The topological polar surface area (TPSA) is 69.1 Å². The Kier molecular flexibility index (Phi) is 7.22. The van der Waals surface area contributed by atoms with E-state index in [1.165, 1.54) is 16.7 Å². The van der Waals surface area contributed by atoms with Crippen molar-refractivity contribution in [3.8, 4) is 0 Å². The molecule has 1 fully saturated rings. The van der Waals surface area contributed by atoms with E-state index >= 15 is 0 Å². The van der Waals surface area contributed by atoms with Crippen molar-refractivity contribution < 1.29 is 9.84 Å². The van der Waals surface area contributed by atoms with Crippen LogP contribution in [0.2, 0.25) is 0 Å². The lowest BCUT2D eigenvalue weighted by molar-refractivity contribution is 0.0341. The maximum atomic E-state index is 11.2. The number of guanidine groups is 1. The number of aliphatic imine (C=N–C) groups is 1. The summed E-state index contributed by atoms with van der Waals surface area (Å²) in [5.74, 6) is 0.737. The first-order chi connectivity index (χ1) is 15.2. The van der Waals surface area contributed by atoms with Crippen LogP contribution < -0.4 is 10.6 Å². The fourth-order valence-electron chi connectivity index (χ4n) is 4.45. The van der Waals surface area contributed by atoms with E-state index in [1.54, 1.807) is 0 Å². The van der Waals surface area contributed by atoms with Crippen molar-refractivity contribution in [1.82, 2.24) is 15.5 Å². The van der Waals surface area contributed by atoms with Crippen LogP contribution in [0.5, 0.6) is 0 Å². The zero-order chi connectivity index (χ0) is 21.5. The van der Waals surface area contributed by atoms with Crippen molar-refractivity contribution >= 4 is 5.96 Å². The smallest absolute Gasteiger partial charge is 0.191 e. The van der Waals surface area contributed by atoms with Crippen LogP contribution >= 0.6 is 0 Å². The van der Waals surface area contributed by atoms with Gasteiger partial charge in [0.25, 0.3) is 0 Å². The minimum absolute atomic E-state index is 0.450. The van der Waals surface area contributed by atoms with Gasteiger partial charge in [-0.05, 0) is 42.0 Å². The van der Waals surface area contributed by atoms with Gasteiger partial charge in [0.15, 0.2) is 5.96 Å². The average Bonchev–Trinajstić information content (AvgIpc) is 3.14. The summed E-state index contributed by atoms with van der Waals surface area (Å²) in [5, 5.41) is 17.9. The van der Waals surface area contributed by atoms with Crippen molar-refractivity contribution in [2.75, 3.05) is 39.4 Å². The van der Waals surface area contributed by atoms with Gasteiger partial charge in [0.05, 0.1) is 26.3 Å². The molecule has 166 valence electrons. The zero-order valence-corrected chi connectivity index (χ0v) is 18.4. The molecule has 1 aliphatic carbocycles. The SMILES string of the molecule is CCNC(=NCc1ccccc1CN1CCOCC1)NCC1(O)CCc2ccccc21. The third-order valence-electron chi connectivity index (χ3n) is 6.24. The maximum Gasteiger partial charge on any atom is 0.191 e. The Balaban J connectivity index is 1.42. The molecular formula is C25H34N4O2. The molecule has 0 aromatic heterocycles. The summed E-state index contributed by atoms with van der Waals surface area (Å²) in [4.78, 5) is 7.26. The molecule has 1 aliphatic heterocycles. The summed E-state index contributed by atoms with van der Waals surface area (Å²) in [7, 11) is 0. The lowest BCUT2D eigenvalue weighted by Gasteiger charge is -2.27. The molecule has 1 atom stereocenters. The van der Waals surface area contributed by atoms with Crippen molar-refractivity contribution in [3.05, 3.63) is 70.8 Å². The molecule has 0 amide bonds. The number of nitrogens with one attached hydrogen (secondary N) is 2. The molecule has 3 N–H and O–H groups in total. The number of rotatable bonds is 7. The number of hydrogen-bond donors (Lipinski definition) is 3. The number of aliphatic hydroxyl groups is 1. The van der Waals surface area contributed by atoms with Gasteiger partial charge in [0.1, 0.15) is 5.60 Å². The molecule has 0 bridgehead atoms. The molecule has 2 aromatic rings. The van der Waals surface area contributed by atoms with Crippen LogP contribution in [0.3, 0.4) is 0 Å². The fraction of sp³-hybridized carbons (Fsp3) is 0.480. The summed E-state index contributed by atoms with van der Waals surface area (Å²) in [5.41, 5.74) is 3.98. The summed E-state index contributed by atoms with van der Waals surface area (Å²) >= 11 is 0. The van der Waals surface area contributed by atoms with E-state index in [0.29, 0.717) is 13.1 Å². The first kappa shape index (κ1) is 21.8. The van der Waals surface area contributed by atoms with Gasteiger partial charge in [-0.2, -0.15) is 0 Å². The first-order valence-electron chi connectivity index (χ1n) is 11.4. The number of fused-ring (bicyclic) bond motifs is 1. The van der Waals surface area contributed by atoms with E-state index in [2.05, 4.69) is 52.8 Å². The van der Waals surface area contributed by atoms with Gasteiger partial charge in [0, 0.05) is 26.2 Å². The van der Waals surface area contributed by atoms with E-state index in [0.717, 1.165) is 63.8 Å². The number of morpholine rings is 1. The van der Waals surface area contributed by atoms with E-state index in [9.17, 15) is 5.11 Å². The number of aryl methyl sites for hydroxylation is 1. The predicted octanol–water partition coefficient (Wildman–Crippen LogP) is 2.41. The molecule has 4 rings (SSSR count). The van der Waals surface area contributed by atoms with Crippen LogP contribution in [0.4, 0.5) is 0 Å². The predicted molar refractivity (Wildman–Crippen MR) is 124 cm³/mol. The fourth-order valence-corrected chi connectivity index (χ4v) is 4.45. The van der Waals surface area contributed by atoms with Crippen molar-refractivity contribution in [1.29, 1.82) is 0 Å². The molecule has 0 radical (unpaired) electrons. The quantitative estimate of drug-likeness (QED) is 0.472. The highest BCUT2D eigenvalue weighted by molar-refractivity contribution is 5.79. The lowest BCUT2D eigenvalue weighted by Crippen LogP contribution is -2.45. The normalized spacial score (nSPS) is 21.7. The Morgan fingerprint density at radius 3 is 2.61 bits per heavy atom. The van der Waals surface area contributed by atoms with Crippen LogP contribution in [-0.4, -0.2) is 55.4 Å². The number of benzene rings is 2. The van der Waals surface area contributed by atoms with Gasteiger partial charge < -0.3 is 20.5 Å². The van der Waals surface area contributed by atoms with Gasteiger partial charge >= 0.3 is 0 Å². The molecule has 2 aliphatic rings. The highest BCUT2D eigenvalue weighted by Gasteiger charge is 2.36. The third kappa shape index (κ3) is 5.45. The first-order valence-corrected chi connectivity index (χ1v) is 11.4. The van der Waals surface area contributed by atoms with Gasteiger partial charge in [-0.3, -0.25) is 4.90 Å². The minimum atomic E-state index is -0.846. The molecule has 2 aromatic carbocycles. The summed E-state index contributed by atoms with van der Waals surface area (Å²) in [6.07, 6.45) is 1.65. The van der Waals surface area contributed by atoms with Crippen LogP contribution in [-0.2, 0) is 29.8 Å². The van der Waals surface area contributed by atoms with Crippen molar-refractivity contribution in [2.45, 2.75) is 38.5 Å². The summed E-state index contributed by atoms with van der Waals surface area (Å²) in [6, 6.07) is 16.7. The molecular weight excluding hydrogens is 388 g/mol. The molecule has 0 saturated carbocycles. The highest BCUT2D eigenvalue weighted by atomic mass is 16.5. The second-order valence-electron chi connectivity index (χ2n) is 8.39. The minimum Gasteiger partial charge on any atom is -0.383 e. The van der Waals surface area contributed by atoms with Crippen LogP contribution in [0, 0.1) is 0 Å². The maximum absolute atomic E-state index is 11.2. The van der Waals surface area contributed by atoms with E-state index in [-0.39, 0.29) is 0 Å². The average molecular weight is 423 g/mol. The number of nitrogens with zero attached hydrogens (tertiary/aromatic N) is 2. The standard InChI is InChI=1S/C25H34N4O2/c1-2-26-24(28-19-25(30)12-11-20-7-5-6-10-23(20)25)27-17-21-8-3-4-9-22(21)18-29-13-15-31-16-14-29/h3-10,30H,2,11-19H2,1H3,(H2,26,27,28). The Hall–Kier alpha value is -2.41. The second-order valence-corrected chi connectivity index (χ2v) is 8.39. The Labute approximate surface area is 185 Å². The monoisotopic (exact) mass is 422 g/mol. The third-order valence-corrected chi connectivity index (χ3v) is 6.24. The molecule has 6 heteroatoms. The molecule has 6 nitrogen and oxygen atoms in total. The molecule has 31 heavy (non-hydrogen) atoms. The number of hydrogen-bond acceptors (Lipinski definition) is 4. The molecule has 1 saturated heterocycles. The second kappa shape index (κ2) is 10.3. The van der Waals surface area contributed by atoms with Crippen LogP contribution in [0.1, 0.15) is 35.6 Å². The van der Waals surface area contributed by atoms with E-state index < -0.39 is 5.60 Å². The lowest BCUT2D eigenvalue weighted by atomic mass is 9.96. The Bertz CT molecular complexity index is 895. The van der Waals surface area contributed by atoms with Gasteiger partial charge in [-0.15, -0.1) is 0 Å². The number of ether oxygens (including phenoxy) is 1. The van der Waals surface area contributed by atoms with Crippen LogP contribution in [0.15, 0.2) is 53.5 Å². The summed E-state index contributed by atoms with van der Waals surface area (Å²) < 4.78 is 5.47. The highest BCUT2D eigenvalue weighted by Crippen LogP contribution is 2.36. The Morgan fingerprint density at radius 1 is 1.06 bits per heavy atom. The van der Waals surface area contributed by atoms with E-state index in [4.69, 9.17) is 9.73 Å². The van der Waals surface area contributed by atoms with E-state index in [1.807, 2.05) is 18.2 Å². The van der Waals surface area contributed by atoms with Gasteiger partial charge in [0.2, 0.25) is 0 Å². The Morgan fingerprint density at radius 2 is 1.81 bits per heavy atom. The van der Waals surface area contributed by atoms with Crippen LogP contribution in [0.25, 0.3) is 0 Å². The van der Waals surface area contributed by atoms with Gasteiger partial charge in [-0.1, -0.05) is 48.5 Å². The summed E-state index contributed by atoms with van der Waals surface area (Å²) in [6.45, 7) is 8.37. The van der Waals surface area contributed by atoms with Crippen molar-refractivity contribution in [2.24, 2.45) is 4.99 Å². The zero-order valence-electron chi connectivity index (χ0n) is 18.4. The van der Waals surface area contributed by atoms with Gasteiger partial charge in [-0.25, -0.2) is 4.99 Å². The molecule has 1 heterocycles. The van der Waals surface area contributed by atoms with Crippen molar-refractivity contribution in [3.63, 3.8) is 0 Å². The molecule has 1 unspecified atom stereocenters. The largest absolute Gasteiger partial charge is 0.383 e.